The zero-order valence-corrected chi connectivity index (χ0v) is 16.9. The van der Waals surface area contributed by atoms with Gasteiger partial charge in [0.25, 0.3) is 11.8 Å². The summed E-state index contributed by atoms with van der Waals surface area (Å²) in [5.41, 5.74) is 6.71. The maximum atomic E-state index is 12.9. The summed E-state index contributed by atoms with van der Waals surface area (Å²) in [6.07, 6.45) is -0.866. The summed E-state index contributed by atoms with van der Waals surface area (Å²) in [4.78, 5) is 39.3. The van der Waals surface area contributed by atoms with Crippen LogP contribution in [0.3, 0.4) is 0 Å². The molecule has 3 heterocycles. The van der Waals surface area contributed by atoms with E-state index < -0.39 is 24.0 Å². The van der Waals surface area contributed by atoms with Gasteiger partial charge in [0.05, 0.1) is 12.1 Å². The average molecular weight is 415 g/mol. The molecule has 2 atom stereocenters. The molecule has 0 fully saturated rings. The van der Waals surface area contributed by atoms with Crippen LogP contribution in [-0.4, -0.2) is 41.4 Å². The number of hydrogen-bond donors (Lipinski definition) is 2. The van der Waals surface area contributed by atoms with Gasteiger partial charge in [0.2, 0.25) is 12.0 Å². The van der Waals surface area contributed by atoms with Crippen molar-refractivity contribution in [3.8, 4) is 11.5 Å². The number of carbonyl (C=O) groups excluding carboxylic acids is 3. The van der Waals surface area contributed by atoms with Gasteiger partial charge in [-0.15, -0.1) is 11.3 Å². The van der Waals surface area contributed by atoms with E-state index in [1.165, 1.54) is 18.3 Å². The summed E-state index contributed by atoms with van der Waals surface area (Å²) in [6.45, 7) is 4.17. The van der Waals surface area contributed by atoms with Crippen molar-refractivity contribution in [1.82, 2.24) is 4.90 Å². The Labute approximate surface area is 171 Å². The lowest BCUT2D eigenvalue weighted by molar-refractivity contribution is -0.129. The van der Waals surface area contributed by atoms with Crippen LogP contribution in [0.1, 0.15) is 34.6 Å². The lowest BCUT2D eigenvalue weighted by atomic mass is 10.0. The number of thiophene rings is 1. The van der Waals surface area contributed by atoms with Crippen LogP contribution in [0.2, 0.25) is 0 Å². The first-order valence-corrected chi connectivity index (χ1v) is 10.1. The lowest BCUT2D eigenvalue weighted by Crippen LogP contribution is -2.46. The standard InChI is InChI=1S/C20H21N3O5S/c1-10-17(28-14-6-4-3-5-13(14)27-10)19(26)22-20-16(18(21)25)12-7-8-23(11(2)24)9-15(12)29-20/h3-6,10,17H,7-9H2,1-2H3,(H2,21,25)(H,22,26). The first kappa shape index (κ1) is 19.3. The summed E-state index contributed by atoms with van der Waals surface area (Å²) >= 11 is 1.27. The molecule has 0 spiro atoms. The number of carbonyl (C=O) groups is 3. The van der Waals surface area contributed by atoms with Gasteiger partial charge in [-0.3, -0.25) is 14.4 Å². The maximum Gasteiger partial charge on any atom is 0.269 e. The Morgan fingerprint density at radius 2 is 1.90 bits per heavy atom. The molecule has 8 nitrogen and oxygen atoms in total. The number of hydrogen-bond acceptors (Lipinski definition) is 6. The van der Waals surface area contributed by atoms with E-state index in [-0.39, 0.29) is 5.91 Å². The van der Waals surface area contributed by atoms with Crippen molar-refractivity contribution in [2.75, 3.05) is 11.9 Å². The number of amides is 3. The first-order valence-electron chi connectivity index (χ1n) is 9.28. The summed E-state index contributed by atoms with van der Waals surface area (Å²) in [5, 5.41) is 3.18. The van der Waals surface area contributed by atoms with Crippen molar-refractivity contribution in [3.63, 3.8) is 0 Å². The molecule has 0 radical (unpaired) electrons. The number of nitrogens with two attached hydrogens (primary N) is 1. The highest BCUT2D eigenvalue weighted by molar-refractivity contribution is 7.17. The Balaban J connectivity index is 1.59. The molecule has 152 valence electrons. The van der Waals surface area contributed by atoms with Crippen molar-refractivity contribution in [2.45, 2.75) is 39.0 Å². The molecule has 4 rings (SSSR count). The molecule has 0 saturated carbocycles. The second kappa shape index (κ2) is 7.40. The van der Waals surface area contributed by atoms with Crippen LogP contribution in [-0.2, 0) is 22.6 Å². The largest absolute Gasteiger partial charge is 0.482 e. The molecule has 2 unspecified atom stereocenters. The Hall–Kier alpha value is -3.07. The van der Waals surface area contributed by atoms with E-state index in [1.807, 2.05) is 6.07 Å². The van der Waals surface area contributed by atoms with Crippen molar-refractivity contribution in [1.29, 1.82) is 0 Å². The number of anilines is 1. The highest BCUT2D eigenvalue weighted by Gasteiger charge is 2.36. The second-order valence-electron chi connectivity index (χ2n) is 7.06. The van der Waals surface area contributed by atoms with Gasteiger partial charge in [0.1, 0.15) is 11.1 Å². The van der Waals surface area contributed by atoms with Crippen molar-refractivity contribution in [3.05, 3.63) is 40.3 Å². The molecular weight excluding hydrogens is 394 g/mol. The lowest BCUT2D eigenvalue weighted by Gasteiger charge is -2.30. The Morgan fingerprint density at radius 1 is 1.21 bits per heavy atom. The minimum atomic E-state index is -0.876. The van der Waals surface area contributed by atoms with Gasteiger partial charge in [-0.05, 0) is 31.0 Å². The van der Waals surface area contributed by atoms with Gasteiger partial charge in [0.15, 0.2) is 11.5 Å². The van der Waals surface area contributed by atoms with Crippen LogP contribution in [0.5, 0.6) is 11.5 Å². The topological polar surface area (TPSA) is 111 Å². The molecule has 0 saturated heterocycles. The average Bonchev–Trinajstić information content (AvgIpc) is 3.04. The summed E-state index contributed by atoms with van der Waals surface area (Å²) < 4.78 is 11.6. The van der Waals surface area contributed by atoms with Gasteiger partial charge in [-0.1, -0.05) is 12.1 Å². The molecule has 2 aliphatic heterocycles. The number of para-hydroxylation sites is 2. The van der Waals surface area contributed by atoms with Gasteiger partial charge < -0.3 is 25.4 Å². The van der Waals surface area contributed by atoms with Crippen LogP contribution in [0.25, 0.3) is 0 Å². The summed E-state index contributed by atoms with van der Waals surface area (Å²) in [6, 6.07) is 7.14. The molecule has 0 aliphatic carbocycles. The van der Waals surface area contributed by atoms with E-state index in [4.69, 9.17) is 15.2 Å². The number of ether oxygens (including phenoxy) is 2. The monoisotopic (exact) mass is 415 g/mol. The number of primary amides is 1. The smallest absolute Gasteiger partial charge is 0.269 e. The fourth-order valence-electron chi connectivity index (χ4n) is 3.61. The number of nitrogens with zero attached hydrogens (tertiary/aromatic N) is 1. The highest BCUT2D eigenvalue weighted by Crippen LogP contribution is 2.38. The van der Waals surface area contributed by atoms with Crippen LogP contribution in [0, 0.1) is 0 Å². The number of benzene rings is 1. The number of rotatable bonds is 3. The molecular formula is C20H21N3O5S. The molecule has 29 heavy (non-hydrogen) atoms. The Bertz CT molecular complexity index is 1000. The third-order valence-corrected chi connectivity index (χ3v) is 6.22. The van der Waals surface area contributed by atoms with Crippen molar-refractivity contribution >= 4 is 34.1 Å². The van der Waals surface area contributed by atoms with E-state index in [0.29, 0.717) is 41.6 Å². The Morgan fingerprint density at radius 3 is 2.55 bits per heavy atom. The van der Waals surface area contributed by atoms with Crippen LogP contribution < -0.4 is 20.5 Å². The number of nitrogens with one attached hydrogen (secondary N) is 1. The molecule has 3 N–H and O–H groups in total. The van der Waals surface area contributed by atoms with Gasteiger partial charge in [-0.2, -0.15) is 0 Å². The quantitative estimate of drug-likeness (QED) is 0.796. The van der Waals surface area contributed by atoms with Crippen molar-refractivity contribution in [2.24, 2.45) is 5.73 Å². The first-order chi connectivity index (χ1) is 13.8. The molecule has 2 aromatic rings. The van der Waals surface area contributed by atoms with E-state index in [1.54, 1.807) is 30.0 Å². The minimum Gasteiger partial charge on any atom is -0.482 e. The molecule has 3 amide bonds. The second-order valence-corrected chi connectivity index (χ2v) is 8.17. The maximum absolute atomic E-state index is 12.9. The third-order valence-electron chi connectivity index (χ3n) is 5.09. The molecule has 1 aromatic heterocycles. The van der Waals surface area contributed by atoms with E-state index >= 15 is 0 Å². The van der Waals surface area contributed by atoms with Gasteiger partial charge in [-0.25, -0.2) is 0 Å². The molecule has 0 bridgehead atoms. The molecule has 2 aliphatic rings. The predicted octanol–water partition coefficient (Wildman–Crippen LogP) is 1.92. The summed E-state index contributed by atoms with van der Waals surface area (Å²) in [5.74, 6) is 0.0153. The van der Waals surface area contributed by atoms with Crippen LogP contribution >= 0.6 is 11.3 Å². The van der Waals surface area contributed by atoms with E-state index in [0.717, 1.165) is 10.4 Å². The van der Waals surface area contributed by atoms with E-state index in [2.05, 4.69) is 5.32 Å². The van der Waals surface area contributed by atoms with Crippen LogP contribution in [0.15, 0.2) is 24.3 Å². The predicted molar refractivity (Wildman–Crippen MR) is 107 cm³/mol. The van der Waals surface area contributed by atoms with Gasteiger partial charge >= 0.3 is 0 Å². The normalized spacial score (nSPS) is 20.0. The van der Waals surface area contributed by atoms with Crippen LogP contribution in [0.4, 0.5) is 5.00 Å². The fourth-order valence-corrected chi connectivity index (χ4v) is 4.88. The van der Waals surface area contributed by atoms with Crippen molar-refractivity contribution < 1.29 is 23.9 Å². The third kappa shape index (κ3) is 3.53. The minimum absolute atomic E-state index is 0.0319. The van der Waals surface area contributed by atoms with E-state index in [9.17, 15) is 14.4 Å². The zero-order valence-electron chi connectivity index (χ0n) is 16.1. The highest BCUT2D eigenvalue weighted by atomic mass is 32.1. The SMILES string of the molecule is CC(=O)N1CCc2c(sc(NC(=O)C3Oc4ccccc4OC3C)c2C(N)=O)C1. The number of fused-ring (bicyclic) bond motifs is 2. The Kier molecular flexibility index (Phi) is 4.91. The molecule has 1 aromatic carbocycles. The fraction of sp³-hybridized carbons (Fsp3) is 0.350. The summed E-state index contributed by atoms with van der Waals surface area (Å²) in [7, 11) is 0. The van der Waals surface area contributed by atoms with Gasteiger partial charge in [0, 0.05) is 18.3 Å². The zero-order chi connectivity index (χ0) is 20.7. The molecule has 9 heteroatoms.